The van der Waals surface area contributed by atoms with Gasteiger partial charge in [0.15, 0.2) is 5.82 Å². The van der Waals surface area contributed by atoms with E-state index in [1.54, 1.807) is 0 Å². The van der Waals surface area contributed by atoms with Crippen molar-refractivity contribution in [3.8, 4) is 0 Å². The number of pyridine rings is 1. The van der Waals surface area contributed by atoms with Gasteiger partial charge in [-0.3, -0.25) is 9.69 Å². The molecule has 2 fully saturated rings. The zero-order valence-corrected chi connectivity index (χ0v) is 19.2. The standard InChI is InChI=1S/C24H32N6O2/c1-15-6-4-8-29(13-15)22(23-26-27-28-30(23)14-18-7-5-9-32-18)20-12-19-17(3)10-16(2)11-21(19)25-24(20)31/h10-12,15,18,22H,4-9,13-14H2,1-3H3,(H,25,31)/t15-,18-,22-/m1/s1. The summed E-state index contributed by atoms with van der Waals surface area (Å²) in [4.78, 5) is 18.9. The molecule has 0 bridgehead atoms. The summed E-state index contributed by atoms with van der Waals surface area (Å²) in [6.45, 7) is 9.67. The van der Waals surface area contributed by atoms with Gasteiger partial charge >= 0.3 is 0 Å². The number of aromatic amines is 1. The van der Waals surface area contributed by atoms with Crippen molar-refractivity contribution < 1.29 is 4.74 Å². The Morgan fingerprint density at radius 2 is 2.09 bits per heavy atom. The minimum atomic E-state index is -0.289. The molecule has 0 saturated carbocycles. The summed E-state index contributed by atoms with van der Waals surface area (Å²) in [5, 5.41) is 13.8. The third kappa shape index (κ3) is 4.09. The molecule has 2 aliphatic heterocycles. The van der Waals surface area contributed by atoms with Gasteiger partial charge in [0.05, 0.1) is 12.6 Å². The highest BCUT2D eigenvalue weighted by Crippen LogP contribution is 2.32. The first kappa shape index (κ1) is 21.3. The molecule has 8 nitrogen and oxygen atoms in total. The molecule has 0 radical (unpaired) electrons. The number of piperidine rings is 1. The third-order valence-electron chi connectivity index (χ3n) is 6.89. The summed E-state index contributed by atoms with van der Waals surface area (Å²) >= 11 is 0. The van der Waals surface area contributed by atoms with Gasteiger partial charge in [0.1, 0.15) is 6.04 Å². The predicted octanol–water partition coefficient (Wildman–Crippen LogP) is 3.13. The molecule has 0 unspecified atom stereocenters. The lowest BCUT2D eigenvalue weighted by Crippen LogP contribution is -2.41. The first-order valence-corrected chi connectivity index (χ1v) is 11.8. The number of nitrogens with zero attached hydrogens (tertiary/aromatic N) is 5. The monoisotopic (exact) mass is 436 g/mol. The van der Waals surface area contributed by atoms with Gasteiger partial charge in [0.25, 0.3) is 5.56 Å². The average Bonchev–Trinajstić information content (AvgIpc) is 3.42. The fourth-order valence-electron chi connectivity index (χ4n) is 5.37. The maximum absolute atomic E-state index is 13.4. The van der Waals surface area contributed by atoms with E-state index in [9.17, 15) is 4.79 Å². The largest absolute Gasteiger partial charge is 0.376 e. The van der Waals surface area contributed by atoms with Gasteiger partial charge < -0.3 is 9.72 Å². The van der Waals surface area contributed by atoms with Crippen molar-refractivity contribution in [1.82, 2.24) is 30.1 Å². The van der Waals surface area contributed by atoms with E-state index in [-0.39, 0.29) is 17.7 Å². The van der Waals surface area contributed by atoms with Crippen LogP contribution in [0.4, 0.5) is 0 Å². The van der Waals surface area contributed by atoms with E-state index in [1.165, 1.54) is 6.42 Å². The van der Waals surface area contributed by atoms with Crippen LogP contribution in [0.5, 0.6) is 0 Å². The van der Waals surface area contributed by atoms with Crippen LogP contribution < -0.4 is 5.56 Å². The predicted molar refractivity (Wildman–Crippen MR) is 123 cm³/mol. The molecule has 8 heteroatoms. The third-order valence-corrected chi connectivity index (χ3v) is 6.89. The topological polar surface area (TPSA) is 88.9 Å². The maximum Gasteiger partial charge on any atom is 0.253 e. The maximum atomic E-state index is 13.4. The quantitative estimate of drug-likeness (QED) is 0.661. The second-order valence-electron chi connectivity index (χ2n) is 9.60. The van der Waals surface area contributed by atoms with Crippen LogP contribution in [0, 0.1) is 19.8 Å². The molecule has 170 valence electrons. The molecule has 32 heavy (non-hydrogen) atoms. The van der Waals surface area contributed by atoms with E-state index in [1.807, 2.05) is 10.7 Å². The van der Waals surface area contributed by atoms with E-state index < -0.39 is 0 Å². The molecule has 0 spiro atoms. The number of fused-ring (bicyclic) bond motifs is 1. The Balaban J connectivity index is 1.62. The Hall–Kier alpha value is -2.58. The first-order valence-electron chi connectivity index (χ1n) is 11.8. The smallest absolute Gasteiger partial charge is 0.253 e. The van der Waals surface area contributed by atoms with Crippen LogP contribution in [0.2, 0.25) is 0 Å². The number of hydrogen-bond donors (Lipinski definition) is 1. The number of rotatable bonds is 5. The fourth-order valence-corrected chi connectivity index (χ4v) is 5.37. The van der Waals surface area contributed by atoms with E-state index in [2.05, 4.69) is 58.3 Å². The molecular weight excluding hydrogens is 404 g/mol. The molecule has 2 aromatic heterocycles. The summed E-state index contributed by atoms with van der Waals surface area (Å²) < 4.78 is 7.69. The SMILES string of the molecule is Cc1cc(C)c2cc([C@H](c3nnnn3C[C@H]3CCCO3)N3CCC[C@@H](C)C3)c(=O)[nH]c2c1. The fraction of sp³-hybridized carbons (Fsp3) is 0.583. The minimum Gasteiger partial charge on any atom is -0.376 e. The van der Waals surface area contributed by atoms with Crippen molar-refractivity contribution in [3.63, 3.8) is 0 Å². The first-order chi connectivity index (χ1) is 15.5. The molecule has 3 atom stereocenters. The second kappa shape index (κ2) is 8.75. The molecule has 1 aromatic carbocycles. The number of hydrogen-bond acceptors (Lipinski definition) is 6. The summed E-state index contributed by atoms with van der Waals surface area (Å²) in [5.74, 6) is 1.29. The molecular formula is C24H32N6O2. The molecule has 4 heterocycles. The number of aromatic nitrogens is 5. The number of nitrogens with one attached hydrogen (secondary N) is 1. The Morgan fingerprint density at radius 1 is 1.22 bits per heavy atom. The summed E-state index contributed by atoms with van der Waals surface area (Å²) in [5.41, 5.74) is 3.81. The lowest BCUT2D eigenvalue weighted by atomic mass is 9.95. The van der Waals surface area contributed by atoms with Crippen molar-refractivity contribution in [2.45, 2.75) is 65.1 Å². The van der Waals surface area contributed by atoms with Gasteiger partial charge in [-0.1, -0.05) is 13.0 Å². The zero-order chi connectivity index (χ0) is 22.2. The molecule has 0 amide bonds. The van der Waals surface area contributed by atoms with E-state index in [0.29, 0.717) is 18.0 Å². The molecule has 5 rings (SSSR count). The van der Waals surface area contributed by atoms with Gasteiger partial charge in [-0.05, 0) is 85.7 Å². The van der Waals surface area contributed by atoms with Crippen molar-refractivity contribution >= 4 is 10.9 Å². The van der Waals surface area contributed by atoms with Crippen LogP contribution in [0.3, 0.4) is 0 Å². The lowest BCUT2D eigenvalue weighted by molar-refractivity contribution is 0.0889. The average molecular weight is 437 g/mol. The highest BCUT2D eigenvalue weighted by atomic mass is 16.5. The zero-order valence-electron chi connectivity index (χ0n) is 19.2. The number of benzene rings is 1. The molecule has 3 aromatic rings. The summed E-state index contributed by atoms with van der Waals surface area (Å²) in [7, 11) is 0. The lowest BCUT2D eigenvalue weighted by Gasteiger charge is -2.36. The van der Waals surface area contributed by atoms with Crippen LogP contribution in [-0.4, -0.2) is 55.9 Å². The van der Waals surface area contributed by atoms with E-state index in [4.69, 9.17) is 4.74 Å². The Kier molecular flexibility index (Phi) is 5.82. The Morgan fingerprint density at radius 3 is 2.88 bits per heavy atom. The molecule has 1 N–H and O–H groups in total. The van der Waals surface area contributed by atoms with Crippen molar-refractivity contribution in [1.29, 1.82) is 0 Å². The van der Waals surface area contributed by atoms with Gasteiger partial charge in [-0.2, -0.15) is 0 Å². The van der Waals surface area contributed by atoms with Gasteiger partial charge in [0, 0.05) is 29.6 Å². The van der Waals surface area contributed by atoms with Crippen LogP contribution in [0.15, 0.2) is 23.0 Å². The highest BCUT2D eigenvalue weighted by molar-refractivity contribution is 5.83. The molecule has 0 aliphatic carbocycles. The Labute approximate surface area is 188 Å². The number of ether oxygens (including phenoxy) is 1. The molecule has 2 saturated heterocycles. The van der Waals surface area contributed by atoms with Crippen molar-refractivity contribution in [2.24, 2.45) is 5.92 Å². The number of tetrazole rings is 1. The molecule has 2 aliphatic rings. The van der Waals surface area contributed by atoms with Crippen molar-refractivity contribution in [2.75, 3.05) is 19.7 Å². The summed E-state index contributed by atoms with van der Waals surface area (Å²) in [6, 6.07) is 5.96. The van der Waals surface area contributed by atoms with Gasteiger partial charge in [-0.15, -0.1) is 5.10 Å². The number of likely N-dealkylation sites (tertiary alicyclic amines) is 1. The highest BCUT2D eigenvalue weighted by Gasteiger charge is 2.33. The van der Waals surface area contributed by atoms with Gasteiger partial charge in [0.2, 0.25) is 0 Å². The van der Waals surface area contributed by atoms with Crippen LogP contribution in [0.1, 0.15) is 61.2 Å². The van der Waals surface area contributed by atoms with Crippen LogP contribution in [0.25, 0.3) is 10.9 Å². The minimum absolute atomic E-state index is 0.0719. The van der Waals surface area contributed by atoms with Crippen molar-refractivity contribution in [3.05, 3.63) is 51.1 Å². The number of H-pyrrole nitrogens is 1. The number of aryl methyl sites for hydroxylation is 2. The Bertz CT molecular complexity index is 1160. The van der Waals surface area contributed by atoms with E-state index in [0.717, 1.165) is 66.8 Å². The normalized spacial score (nSPS) is 23.1. The van der Waals surface area contributed by atoms with Gasteiger partial charge in [-0.25, -0.2) is 4.68 Å². The van der Waals surface area contributed by atoms with Crippen LogP contribution >= 0.6 is 0 Å². The van der Waals surface area contributed by atoms with E-state index >= 15 is 0 Å². The van der Waals surface area contributed by atoms with Crippen LogP contribution in [-0.2, 0) is 11.3 Å². The second-order valence-corrected chi connectivity index (χ2v) is 9.60. The summed E-state index contributed by atoms with van der Waals surface area (Å²) in [6.07, 6.45) is 4.52.